The maximum atomic E-state index is 12.9. The zero-order valence-electron chi connectivity index (χ0n) is 16.1. The van der Waals surface area contributed by atoms with Gasteiger partial charge in [-0.05, 0) is 37.1 Å². The molecule has 2 aromatic rings. The molecule has 148 valence electrons. The minimum Gasteiger partial charge on any atom is -0.493 e. The van der Waals surface area contributed by atoms with Gasteiger partial charge in [-0.2, -0.15) is 0 Å². The number of nitrogens with zero attached hydrogens (tertiary/aromatic N) is 1. The Balaban J connectivity index is 1.65. The number of amides is 2. The van der Waals surface area contributed by atoms with Gasteiger partial charge in [0.25, 0.3) is 11.8 Å². The van der Waals surface area contributed by atoms with Crippen LogP contribution in [0.25, 0.3) is 0 Å². The Morgan fingerprint density at radius 3 is 2.29 bits per heavy atom. The molecule has 0 spiro atoms. The van der Waals surface area contributed by atoms with Crippen molar-refractivity contribution in [1.82, 2.24) is 4.90 Å². The third kappa shape index (κ3) is 5.03. The van der Waals surface area contributed by atoms with Gasteiger partial charge in [0.1, 0.15) is 0 Å². The number of hydrogen-bond acceptors (Lipinski definition) is 4. The van der Waals surface area contributed by atoms with Gasteiger partial charge in [0.15, 0.2) is 18.1 Å². The number of anilines is 1. The Bertz CT molecular complexity index is 814. The molecule has 28 heavy (non-hydrogen) atoms. The zero-order valence-corrected chi connectivity index (χ0v) is 16.1. The summed E-state index contributed by atoms with van der Waals surface area (Å²) in [4.78, 5) is 27.2. The minimum absolute atomic E-state index is 0.0385. The third-order valence-corrected chi connectivity index (χ3v) is 4.75. The molecule has 0 atom stereocenters. The Morgan fingerprint density at radius 1 is 0.929 bits per heavy atom. The molecule has 1 aliphatic rings. The Kier molecular flexibility index (Phi) is 6.89. The number of rotatable bonds is 6. The van der Waals surface area contributed by atoms with Crippen LogP contribution in [0.15, 0.2) is 48.5 Å². The average Bonchev–Trinajstić information content (AvgIpc) is 3.02. The van der Waals surface area contributed by atoms with E-state index in [1.54, 1.807) is 37.4 Å². The van der Waals surface area contributed by atoms with E-state index in [4.69, 9.17) is 9.47 Å². The standard InChI is InChI=1S/C22H26N2O4/c1-27-19-12-6-7-13-20(19)28-16-21(25)23-18-11-5-4-10-17(18)22(26)24-14-8-2-3-9-15-24/h4-7,10-13H,2-3,8-9,14-16H2,1H3,(H,23,25). The smallest absolute Gasteiger partial charge is 0.262 e. The molecule has 0 radical (unpaired) electrons. The van der Waals surface area contributed by atoms with Crippen LogP contribution in [0.1, 0.15) is 36.0 Å². The second kappa shape index (κ2) is 9.78. The highest BCUT2D eigenvalue weighted by molar-refractivity contribution is 6.04. The highest BCUT2D eigenvalue weighted by Crippen LogP contribution is 2.26. The van der Waals surface area contributed by atoms with Crippen molar-refractivity contribution < 1.29 is 19.1 Å². The normalized spacial score (nSPS) is 14.1. The van der Waals surface area contributed by atoms with E-state index in [2.05, 4.69) is 5.32 Å². The molecule has 1 saturated heterocycles. The fourth-order valence-electron chi connectivity index (χ4n) is 3.29. The topological polar surface area (TPSA) is 67.9 Å². The Morgan fingerprint density at radius 2 is 1.57 bits per heavy atom. The number of carbonyl (C=O) groups excluding carboxylic acids is 2. The summed E-state index contributed by atoms with van der Waals surface area (Å²) < 4.78 is 10.8. The number of benzene rings is 2. The fraction of sp³-hybridized carbons (Fsp3) is 0.364. The Hall–Kier alpha value is -3.02. The van der Waals surface area contributed by atoms with Gasteiger partial charge in [-0.3, -0.25) is 9.59 Å². The van der Waals surface area contributed by atoms with Gasteiger partial charge >= 0.3 is 0 Å². The molecule has 1 N–H and O–H groups in total. The van der Waals surface area contributed by atoms with Gasteiger partial charge in [-0.1, -0.05) is 37.1 Å². The van der Waals surface area contributed by atoms with Gasteiger partial charge in [0.05, 0.1) is 18.4 Å². The second-order valence-corrected chi connectivity index (χ2v) is 6.74. The summed E-state index contributed by atoms with van der Waals surface area (Å²) in [6, 6.07) is 14.3. The summed E-state index contributed by atoms with van der Waals surface area (Å²) in [5.74, 6) is 0.687. The quantitative estimate of drug-likeness (QED) is 0.827. The number of likely N-dealkylation sites (tertiary alicyclic amines) is 1. The lowest BCUT2D eigenvalue weighted by Gasteiger charge is -2.22. The van der Waals surface area contributed by atoms with Crippen molar-refractivity contribution in [2.24, 2.45) is 0 Å². The molecular weight excluding hydrogens is 356 g/mol. The van der Waals surface area contributed by atoms with Crippen molar-refractivity contribution in [1.29, 1.82) is 0 Å². The van der Waals surface area contributed by atoms with Crippen LogP contribution >= 0.6 is 0 Å². The number of para-hydroxylation sites is 3. The fourth-order valence-corrected chi connectivity index (χ4v) is 3.29. The van der Waals surface area contributed by atoms with Crippen LogP contribution in [0, 0.1) is 0 Å². The molecule has 0 bridgehead atoms. The lowest BCUT2D eigenvalue weighted by Crippen LogP contribution is -2.33. The molecule has 1 heterocycles. The summed E-state index contributed by atoms with van der Waals surface area (Å²) >= 11 is 0. The van der Waals surface area contributed by atoms with E-state index >= 15 is 0 Å². The summed E-state index contributed by atoms with van der Waals surface area (Å²) in [5.41, 5.74) is 1.01. The molecule has 0 aromatic heterocycles. The number of methoxy groups -OCH3 is 1. The summed E-state index contributed by atoms with van der Waals surface area (Å²) in [6.07, 6.45) is 4.35. The first-order valence-electron chi connectivity index (χ1n) is 9.63. The number of ether oxygens (including phenoxy) is 2. The molecule has 0 saturated carbocycles. The van der Waals surface area contributed by atoms with Gasteiger partial charge in [-0.15, -0.1) is 0 Å². The summed E-state index contributed by atoms with van der Waals surface area (Å²) in [7, 11) is 1.55. The molecule has 0 unspecified atom stereocenters. The molecule has 6 heteroatoms. The predicted octanol–water partition coefficient (Wildman–Crippen LogP) is 3.73. The van der Waals surface area contributed by atoms with Gasteiger partial charge in [0, 0.05) is 13.1 Å². The highest BCUT2D eigenvalue weighted by atomic mass is 16.5. The molecule has 1 fully saturated rings. The van der Waals surface area contributed by atoms with E-state index in [-0.39, 0.29) is 18.4 Å². The number of hydrogen-bond donors (Lipinski definition) is 1. The van der Waals surface area contributed by atoms with E-state index < -0.39 is 0 Å². The van der Waals surface area contributed by atoms with Crippen LogP contribution in [-0.2, 0) is 4.79 Å². The van der Waals surface area contributed by atoms with Crippen molar-refractivity contribution in [3.63, 3.8) is 0 Å². The van der Waals surface area contributed by atoms with E-state index in [0.717, 1.165) is 38.8 Å². The van der Waals surface area contributed by atoms with E-state index in [1.165, 1.54) is 0 Å². The first kappa shape index (κ1) is 19.7. The SMILES string of the molecule is COc1ccccc1OCC(=O)Nc1ccccc1C(=O)N1CCCCCC1. The van der Waals surface area contributed by atoms with Gasteiger partial charge in [-0.25, -0.2) is 0 Å². The summed E-state index contributed by atoms with van der Waals surface area (Å²) in [5, 5.41) is 2.80. The van der Waals surface area contributed by atoms with E-state index in [1.807, 2.05) is 23.1 Å². The number of nitrogens with one attached hydrogen (secondary N) is 1. The Labute approximate surface area is 165 Å². The summed E-state index contributed by atoms with van der Waals surface area (Å²) in [6.45, 7) is 1.35. The van der Waals surface area contributed by atoms with Crippen LogP contribution in [0.5, 0.6) is 11.5 Å². The monoisotopic (exact) mass is 382 g/mol. The van der Waals surface area contributed by atoms with E-state index in [0.29, 0.717) is 22.7 Å². The first-order valence-corrected chi connectivity index (χ1v) is 9.63. The molecule has 6 nitrogen and oxygen atoms in total. The van der Waals surface area contributed by atoms with Crippen LogP contribution < -0.4 is 14.8 Å². The maximum Gasteiger partial charge on any atom is 0.262 e. The molecule has 2 amide bonds. The van der Waals surface area contributed by atoms with E-state index in [9.17, 15) is 9.59 Å². The molecule has 1 aliphatic heterocycles. The van der Waals surface area contributed by atoms with Crippen LogP contribution in [0.3, 0.4) is 0 Å². The van der Waals surface area contributed by atoms with Crippen molar-refractivity contribution >= 4 is 17.5 Å². The van der Waals surface area contributed by atoms with Crippen LogP contribution in [0.2, 0.25) is 0 Å². The lowest BCUT2D eigenvalue weighted by molar-refractivity contribution is -0.118. The van der Waals surface area contributed by atoms with Crippen LogP contribution in [0.4, 0.5) is 5.69 Å². The van der Waals surface area contributed by atoms with Gasteiger partial charge in [0.2, 0.25) is 0 Å². The average molecular weight is 382 g/mol. The zero-order chi connectivity index (χ0) is 19.8. The third-order valence-electron chi connectivity index (χ3n) is 4.75. The maximum absolute atomic E-state index is 12.9. The molecule has 2 aromatic carbocycles. The lowest BCUT2D eigenvalue weighted by atomic mass is 10.1. The predicted molar refractivity (Wildman–Crippen MR) is 108 cm³/mol. The van der Waals surface area contributed by atoms with Gasteiger partial charge < -0.3 is 19.7 Å². The second-order valence-electron chi connectivity index (χ2n) is 6.74. The van der Waals surface area contributed by atoms with Crippen molar-refractivity contribution in [2.45, 2.75) is 25.7 Å². The van der Waals surface area contributed by atoms with Crippen molar-refractivity contribution in [3.8, 4) is 11.5 Å². The molecule has 3 rings (SSSR count). The molecular formula is C22H26N2O4. The molecule has 0 aliphatic carbocycles. The highest BCUT2D eigenvalue weighted by Gasteiger charge is 2.20. The number of carbonyl (C=O) groups is 2. The van der Waals surface area contributed by atoms with Crippen molar-refractivity contribution in [3.05, 3.63) is 54.1 Å². The first-order chi connectivity index (χ1) is 13.7. The largest absolute Gasteiger partial charge is 0.493 e. The van der Waals surface area contributed by atoms with Crippen molar-refractivity contribution in [2.75, 3.05) is 32.1 Å². The van der Waals surface area contributed by atoms with Crippen LogP contribution in [-0.4, -0.2) is 43.5 Å². The minimum atomic E-state index is -0.331.